The first kappa shape index (κ1) is 14.1. The SMILES string of the molecule is CC(CNC(=O)Cc1cccc(F)c1F)C(=O)O. The van der Waals surface area contributed by atoms with Gasteiger partial charge >= 0.3 is 5.97 Å². The van der Waals surface area contributed by atoms with Crippen LogP contribution in [-0.2, 0) is 16.0 Å². The van der Waals surface area contributed by atoms with Gasteiger partial charge in [-0.05, 0) is 6.07 Å². The lowest BCUT2D eigenvalue weighted by molar-refractivity contribution is -0.141. The van der Waals surface area contributed by atoms with Crippen molar-refractivity contribution in [1.29, 1.82) is 0 Å². The van der Waals surface area contributed by atoms with Gasteiger partial charge in [-0.15, -0.1) is 0 Å². The summed E-state index contributed by atoms with van der Waals surface area (Å²) in [5.41, 5.74) is -0.0597. The number of hydrogen-bond acceptors (Lipinski definition) is 2. The highest BCUT2D eigenvalue weighted by atomic mass is 19.2. The minimum absolute atomic E-state index is 0.0505. The molecule has 2 N–H and O–H groups in total. The van der Waals surface area contributed by atoms with Gasteiger partial charge in [0.25, 0.3) is 0 Å². The number of amides is 1. The van der Waals surface area contributed by atoms with Crippen molar-refractivity contribution in [3.8, 4) is 0 Å². The van der Waals surface area contributed by atoms with Crippen LogP contribution < -0.4 is 5.32 Å². The molecule has 4 nitrogen and oxygen atoms in total. The van der Waals surface area contributed by atoms with Gasteiger partial charge in [0.15, 0.2) is 11.6 Å². The molecule has 0 aromatic heterocycles. The molecule has 1 aromatic rings. The molecule has 1 atom stereocenters. The van der Waals surface area contributed by atoms with Crippen molar-refractivity contribution in [3.05, 3.63) is 35.4 Å². The zero-order chi connectivity index (χ0) is 13.7. The Morgan fingerprint density at radius 1 is 1.39 bits per heavy atom. The average molecular weight is 257 g/mol. The van der Waals surface area contributed by atoms with Crippen LogP contribution in [0, 0.1) is 17.6 Å². The van der Waals surface area contributed by atoms with Crippen LogP contribution in [0.15, 0.2) is 18.2 Å². The molecule has 1 amide bonds. The van der Waals surface area contributed by atoms with E-state index in [1.54, 1.807) is 0 Å². The van der Waals surface area contributed by atoms with E-state index in [9.17, 15) is 18.4 Å². The molecule has 0 radical (unpaired) electrons. The summed E-state index contributed by atoms with van der Waals surface area (Å²) >= 11 is 0. The van der Waals surface area contributed by atoms with E-state index in [4.69, 9.17) is 5.11 Å². The van der Waals surface area contributed by atoms with Crippen LogP contribution in [0.4, 0.5) is 8.78 Å². The summed E-state index contributed by atoms with van der Waals surface area (Å²) in [6.07, 6.45) is -0.323. The molecule has 0 saturated heterocycles. The summed E-state index contributed by atoms with van der Waals surface area (Å²) in [5.74, 6) is -4.38. The van der Waals surface area contributed by atoms with Crippen molar-refractivity contribution >= 4 is 11.9 Å². The van der Waals surface area contributed by atoms with Gasteiger partial charge < -0.3 is 10.4 Å². The van der Waals surface area contributed by atoms with Gasteiger partial charge in [-0.25, -0.2) is 8.78 Å². The van der Waals surface area contributed by atoms with Gasteiger partial charge in [0.05, 0.1) is 12.3 Å². The second-order valence-electron chi connectivity index (χ2n) is 3.93. The Balaban J connectivity index is 2.55. The molecule has 1 unspecified atom stereocenters. The van der Waals surface area contributed by atoms with Crippen molar-refractivity contribution in [2.75, 3.05) is 6.54 Å². The van der Waals surface area contributed by atoms with Crippen molar-refractivity contribution < 1.29 is 23.5 Å². The number of carboxylic acids is 1. The van der Waals surface area contributed by atoms with Crippen molar-refractivity contribution in [1.82, 2.24) is 5.32 Å². The normalized spacial score (nSPS) is 11.9. The van der Waals surface area contributed by atoms with Gasteiger partial charge in [-0.3, -0.25) is 9.59 Å². The lowest BCUT2D eigenvalue weighted by atomic mass is 10.1. The van der Waals surface area contributed by atoms with Crippen molar-refractivity contribution in [3.63, 3.8) is 0 Å². The van der Waals surface area contributed by atoms with Gasteiger partial charge in [-0.1, -0.05) is 19.1 Å². The van der Waals surface area contributed by atoms with E-state index in [1.165, 1.54) is 19.1 Å². The number of carbonyl (C=O) groups is 2. The van der Waals surface area contributed by atoms with Crippen molar-refractivity contribution in [2.24, 2.45) is 5.92 Å². The fourth-order valence-corrected chi connectivity index (χ4v) is 1.27. The first-order chi connectivity index (χ1) is 8.41. The van der Waals surface area contributed by atoms with Gasteiger partial charge in [0.2, 0.25) is 5.91 Å². The smallest absolute Gasteiger partial charge is 0.308 e. The van der Waals surface area contributed by atoms with E-state index in [2.05, 4.69) is 5.32 Å². The van der Waals surface area contributed by atoms with Crippen LogP contribution in [-0.4, -0.2) is 23.5 Å². The number of halogens is 2. The third kappa shape index (κ3) is 3.80. The first-order valence-corrected chi connectivity index (χ1v) is 5.34. The van der Waals surface area contributed by atoms with Gasteiger partial charge in [0.1, 0.15) is 0 Å². The lowest BCUT2D eigenvalue weighted by Gasteiger charge is -2.09. The number of nitrogens with one attached hydrogen (secondary N) is 1. The Bertz CT molecular complexity index is 463. The molecule has 1 rings (SSSR count). The van der Waals surface area contributed by atoms with Crippen LogP contribution in [0.5, 0.6) is 0 Å². The molecule has 18 heavy (non-hydrogen) atoms. The number of aliphatic carboxylic acids is 1. The summed E-state index contributed by atoms with van der Waals surface area (Å²) < 4.78 is 26.1. The lowest BCUT2D eigenvalue weighted by Crippen LogP contribution is -2.32. The van der Waals surface area contributed by atoms with Crippen molar-refractivity contribution in [2.45, 2.75) is 13.3 Å². The van der Waals surface area contributed by atoms with Gasteiger partial charge in [-0.2, -0.15) is 0 Å². The maximum absolute atomic E-state index is 13.2. The van der Waals surface area contributed by atoms with Gasteiger partial charge in [0, 0.05) is 12.1 Å². The second-order valence-corrected chi connectivity index (χ2v) is 3.93. The Hall–Kier alpha value is -1.98. The predicted molar refractivity (Wildman–Crippen MR) is 59.9 cm³/mol. The molecule has 0 fully saturated rings. The Morgan fingerprint density at radius 3 is 2.67 bits per heavy atom. The quantitative estimate of drug-likeness (QED) is 0.836. The van der Waals surface area contributed by atoms with E-state index in [0.717, 1.165) is 6.07 Å². The van der Waals surface area contributed by atoms with Crippen LogP contribution in [0.2, 0.25) is 0 Å². The Morgan fingerprint density at radius 2 is 2.06 bits per heavy atom. The standard InChI is InChI=1S/C12H13F2NO3/c1-7(12(17)18)6-15-10(16)5-8-3-2-4-9(13)11(8)14/h2-4,7H,5-6H2,1H3,(H,15,16)(H,17,18). The molecule has 0 aliphatic rings. The topological polar surface area (TPSA) is 66.4 Å². The van der Waals surface area contributed by atoms with E-state index in [0.29, 0.717) is 0 Å². The summed E-state index contributed by atoms with van der Waals surface area (Å²) in [5, 5.41) is 11.0. The van der Waals surface area contributed by atoms with Crippen LogP contribution >= 0.6 is 0 Å². The minimum Gasteiger partial charge on any atom is -0.481 e. The monoisotopic (exact) mass is 257 g/mol. The molecule has 0 saturated carbocycles. The van der Waals surface area contributed by atoms with E-state index >= 15 is 0 Å². The molecule has 0 bridgehead atoms. The van der Waals surface area contributed by atoms with Crippen LogP contribution in [0.3, 0.4) is 0 Å². The fourth-order valence-electron chi connectivity index (χ4n) is 1.27. The molecule has 0 heterocycles. The zero-order valence-corrected chi connectivity index (χ0v) is 9.74. The van der Waals surface area contributed by atoms with E-state index < -0.39 is 29.4 Å². The molecule has 0 aliphatic heterocycles. The average Bonchev–Trinajstić information content (AvgIpc) is 2.32. The molecule has 1 aromatic carbocycles. The Kier molecular flexibility index (Phi) is 4.76. The number of carboxylic acid groups (broad SMARTS) is 1. The number of hydrogen-bond donors (Lipinski definition) is 2. The molecule has 0 aliphatic carbocycles. The second kappa shape index (κ2) is 6.09. The number of rotatable bonds is 5. The number of benzene rings is 1. The Labute approximate surface area is 103 Å². The van der Waals surface area contributed by atoms with Crippen LogP contribution in [0.25, 0.3) is 0 Å². The largest absolute Gasteiger partial charge is 0.481 e. The maximum atomic E-state index is 13.2. The number of carbonyl (C=O) groups excluding carboxylic acids is 1. The highest BCUT2D eigenvalue weighted by molar-refractivity contribution is 5.79. The highest BCUT2D eigenvalue weighted by Crippen LogP contribution is 2.11. The van der Waals surface area contributed by atoms with Crippen LogP contribution in [0.1, 0.15) is 12.5 Å². The molecule has 6 heteroatoms. The summed E-state index contributed by atoms with van der Waals surface area (Å²) in [6.45, 7) is 1.39. The third-order valence-corrected chi connectivity index (χ3v) is 2.41. The fraction of sp³-hybridized carbons (Fsp3) is 0.333. The maximum Gasteiger partial charge on any atom is 0.308 e. The first-order valence-electron chi connectivity index (χ1n) is 5.34. The third-order valence-electron chi connectivity index (χ3n) is 2.41. The zero-order valence-electron chi connectivity index (χ0n) is 9.74. The van der Waals surface area contributed by atoms with E-state index in [1.807, 2.05) is 0 Å². The molecule has 0 spiro atoms. The summed E-state index contributed by atoms with van der Waals surface area (Å²) in [6, 6.07) is 3.57. The highest BCUT2D eigenvalue weighted by Gasteiger charge is 2.14. The molecular weight excluding hydrogens is 244 g/mol. The predicted octanol–water partition coefficient (Wildman–Crippen LogP) is 1.34. The molecule has 98 valence electrons. The molecular formula is C12H13F2NO3. The summed E-state index contributed by atoms with van der Waals surface area (Å²) in [7, 11) is 0. The van der Waals surface area contributed by atoms with E-state index in [-0.39, 0.29) is 18.5 Å². The summed E-state index contributed by atoms with van der Waals surface area (Å²) in [4.78, 5) is 21.9. The minimum atomic E-state index is -1.06.